The number of H-pyrrole nitrogens is 1. The molecule has 0 saturated carbocycles. The van der Waals surface area contributed by atoms with E-state index in [1.54, 1.807) is 18.2 Å². The molecule has 3 N–H and O–H groups in total. The Morgan fingerprint density at radius 3 is 2.83 bits per heavy atom. The average Bonchev–Trinajstić information content (AvgIpc) is 3.25. The van der Waals surface area contributed by atoms with Gasteiger partial charge in [-0.15, -0.1) is 0 Å². The van der Waals surface area contributed by atoms with Crippen LogP contribution >= 0.6 is 12.6 Å². The predicted molar refractivity (Wildman–Crippen MR) is 104 cm³/mol. The van der Waals surface area contributed by atoms with Gasteiger partial charge in [0.15, 0.2) is 16.9 Å². The molecule has 1 fully saturated rings. The second-order valence-corrected chi connectivity index (χ2v) is 7.26. The summed E-state index contributed by atoms with van der Waals surface area (Å²) < 4.78 is 7.46. The number of aliphatic hydroxyl groups is 2. The fourth-order valence-electron chi connectivity index (χ4n) is 3.68. The number of imidazole rings is 1. The summed E-state index contributed by atoms with van der Waals surface area (Å²) in [7, 11) is 0. The Morgan fingerprint density at radius 2 is 2.14 bits per heavy atom. The molecule has 0 aliphatic carbocycles. The van der Waals surface area contributed by atoms with Gasteiger partial charge < -0.3 is 19.9 Å². The van der Waals surface area contributed by atoms with Crippen molar-refractivity contribution in [2.75, 3.05) is 6.61 Å². The smallest absolute Gasteiger partial charge is 0.278 e. The molecule has 29 heavy (non-hydrogen) atoms. The number of ether oxygens (including phenoxy) is 1. The van der Waals surface area contributed by atoms with Crippen LogP contribution in [0.25, 0.3) is 11.2 Å². The Morgan fingerprint density at radius 1 is 1.38 bits per heavy atom. The van der Waals surface area contributed by atoms with E-state index in [1.165, 1.54) is 23.3 Å². The maximum absolute atomic E-state index is 12.1. The van der Waals surface area contributed by atoms with E-state index in [-0.39, 0.29) is 23.3 Å². The number of nitro groups is 1. The number of nitrogens with one attached hydrogen (secondary N) is 1. The van der Waals surface area contributed by atoms with Gasteiger partial charge in [-0.05, 0) is 0 Å². The number of nitrogens with zero attached hydrogens (tertiary/aromatic N) is 4. The molecule has 3 heterocycles. The van der Waals surface area contributed by atoms with Gasteiger partial charge in [-0.3, -0.25) is 19.5 Å². The van der Waals surface area contributed by atoms with Crippen LogP contribution in [0.1, 0.15) is 5.56 Å². The zero-order chi connectivity index (χ0) is 20.8. The number of para-hydroxylation sites is 1. The molecule has 11 nitrogen and oxygen atoms in total. The van der Waals surface area contributed by atoms with Gasteiger partial charge in [-0.25, -0.2) is 9.97 Å². The van der Waals surface area contributed by atoms with E-state index < -0.39 is 40.3 Å². The van der Waals surface area contributed by atoms with Crippen molar-refractivity contribution < 1.29 is 19.9 Å². The van der Waals surface area contributed by atoms with Crippen molar-refractivity contribution in [2.24, 2.45) is 0 Å². The van der Waals surface area contributed by atoms with E-state index >= 15 is 0 Å². The number of aromatic nitrogens is 4. The molecule has 1 aromatic carbocycles. The number of benzene rings is 1. The minimum Gasteiger partial charge on any atom is -0.394 e. The number of rotatable bonds is 5. The molecular weight excluding hydrogens is 402 g/mol. The number of aromatic amines is 1. The molecule has 4 atom stereocenters. The zero-order valence-electron chi connectivity index (χ0n) is 14.9. The summed E-state index contributed by atoms with van der Waals surface area (Å²) in [6, 6.07) is 6.12. The molecule has 0 radical (unpaired) electrons. The van der Waals surface area contributed by atoms with Crippen molar-refractivity contribution in [3.05, 3.63) is 63.0 Å². The molecule has 0 amide bonds. The molecule has 12 heteroatoms. The summed E-state index contributed by atoms with van der Waals surface area (Å²) >= 11 is 4.52. The van der Waals surface area contributed by atoms with Crippen LogP contribution in [0, 0.1) is 10.1 Å². The second kappa shape index (κ2) is 7.22. The summed E-state index contributed by atoms with van der Waals surface area (Å²) in [5, 5.41) is 30.8. The largest absolute Gasteiger partial charge is 0.394 e. The highest BCUT2D eigenvalue weighted by molar-refractivity contribution is 7.81. The van der Waals surface area contributed by atoms with E-state index in [1.807, 2.05) is 0 Å². The molecule has 0 spiro atoms. The number of aliphatic hydroxyl groups excluding tert-OH is 2. The first kappa shape index (κ1) is 19.5. The van der Waals surface area contributed by atoms with E-state index in [9.17, 15) is 25.1 Å². The highest BCUT2D eigenvalue weighted by Crippen LogP contribution is 2.43. The number of fused-ring (bicyclic) bond motifs is 1. The zero-order valence-corrected chi connectivity index (χ0v) is 15.8. The van der Waals surface area contributed by atoms with Crippen LogP contribution in [0.4, 0.5) is 5.69 Å². The van der Waals surface area contributed by atoms with Crippen LogP contribution in [0.3, 0.4) is 0 Å². The SMILES string of the molecule is O=c1[nH]cnc2c1ncn2[C@]1(Cc2ccccc2[N+](=O)[O-])O[C@H](CO)[C@@H](O)[C@H]1S. The third-order valence-corrected chi connectivity index (χ3v) is 5.79. The van der Waals surface area contributed by atoms with Crippen LogP contribution in [0.15, 0.2) is 41.7 Å². The first-order chi connectivity index (χ1) is 13.9. The van der Waals surface area contributed by atoms with Crippen molar-refractivity contribution in [2.45, 2.75) is 29.6 Å². The van der Waals surface area contributed by atoms with Gasteiger partial charge in [0.05, 0.1) is 35.5 Å². The van der Waals surface area contributed by atoms with Crippen LogP contribution in [-0.2, 0) is 16.9 Å². The molecule has 0 unspecified atom stereocenters. The summed E-state index contributed by atoms with van der Waals surface area (Å²) in [5.74, 6) is 0. The fraction of sp³-hybridized carbons (Fsp3) is 0.353. The van der Waals surface area contributed by atoms with Crippen LogP contribution in [0.2, 0.25) is 0 Å². The van der Waals surface area contributed by atoms with Crippen LogP contribution in [-0.4, -0.2) is 58.7 Å². The molecule has 152 valence electrons. The van der Waals surface area contributed by atoms with Crippen molar-refractivity contribution in [1.29, 1.82) is 0 Å². The Kier molecular flexibility index (Phi) is 4.86. The van der Waals surface area contributed by atoms with Crippen molar-refractivity contribution >= 4 is 29.5 Å². The first-order valence-electron chi connectivity index (χ1n) is 8.67. The third kappa shape index (κ3) is 3.00. The average molecular weight is 419 g/mol. The van der Waals surface area contributed by atoms with Crippen molar-refractivity contribution in [3.8, 4) is 0 Å². The standard InChI is InChI=1S/C17H17N5O6S/c23-6-11-13(24)14(29)17(28-11,5-9-3-1-2-4-10(9)22(26)27)21-8-20-12-15(21)18-7-19-16(12)25/h1-4,7-8,11,13-14,23-24,29H,5-6H2,(H,18,19,25)/t11-,13-,14-,17-/m1/s1. The second-order valence-electron chi connectivity index (χ2n) is 6.70. The summed E-state index contributed by atoms with van der Waals surface area (Å²) in [6.07, 6.45) is 0.276. The number of nitro benzene ring substituents is 1. The Bertz CT molecular complexity index is 1130. The highest BCUT2D eigenvalue weighted by atomic mass is 32.1. The van der Waals surface area contributed by atoms with Gasteiger partial charge >= 0.3 is 0 Å². The molecule has 4 rings (SSSR count). The molecule has 1 aliphatic rings. The maximum Gasteiger partial charge on any atom is 0.278 e. The fourth-order valence-corrected chi connectivity index (χ4v) is 4.15. The predicted octanol–water partition coefficient (Wildman–Crippen LogP) is -0.0263. The van der Waals surface area contributed by atoms with Crippen LogP contribution in [0.5, 0.6) is 0 Å². The van der Waals surface area contributed by atoms with Crippen molar-refractivity contribution in [1.82, 2.24) is 19.5 Å². The minimum absolute atomic E-state index is 0.0421. The number of hydrogen-bond acceptors (Lipinski definition) is 9. The lowest BCUT2D eigenvalue weighted by Gasteiger charge is -2.34. The van der Waals surface area contributed by atoms with Gasteiger partial charge in [0.25, 0.3) is 11.2 Å². The lowest BCUT2D eigenvalue weighted by molar-refractivity contribution is -0.385. The normalized spacial score (nSPS) is 26.8. The Balaban J connectivity index is 1.93. The first-order valence-corrected chi connectivity index (χ1v) is 9.19. The molecule has 2 aromatic heterocycles. The third-order valence-electron chi connectivity index (χ3n) is 5.08. The molecular formula is C17H17N5O6S. The summed E-state index contributed by atoms with van der Waals surface area (Å²) in [6.45, 7) is -0.489. The lowest BCUT2D eigenvalue weighted by Crippen LogP contribution is -2.44. The van der Waals surface area contributed by atoms with Gasteiger partial charge in [-0.2, -0.15) is 12.6 Å². The molecule has 1 aliphatic heterocycles. The maximum atomic E-state index is 12.1. The van der Waals surface area contributed by atoms with Gasteiger partial charge in [0.2, 0.25) is 0 Å². The van der Waals surface area contributed by atoms with E-state index in [4.69, 9.17) is 4.74 Å². The monoisotopic (exact) mass is 419 g/mol. The van der Waals surface area contributed by atoms with E-state index in [0.29, 0.717) is 5.56 Å². The van der Waals surface area contributed by atoms with Gasteiger partial charge in [0, 0.05) is 18.1 Å². The van der Waals surface area contributed by atoms with Gasteiger partial charge in [-0.1, -0.05) is 18.2 Å². The van der Waals surface area contributed by atoms with Gasteiger partial charge in [0.1, 0.15) is 6.10 Å². The van der Waals surface area contributed by atoms with Crippen LogP contribution < -0.4 is 5.56 Å². The number of thiol groups is 1. The molecule has 3 aromatic rings. The Labute approximate surface area is 168 Å². The minimum atomic E-state index is -1.49. The van der Waals surface area contributed by atoms with E-state index in [0.717, 1.165) is 0 Å². The molecule has 1 saturated heterocycles. The Hall–Kier alpha value is -2.80. The quantitative estimate of drug-likeness (QED) is 0.255. The molecule has 0 bridgehead atoms. The summed E-state index contributed by atoms with van der Waals surface area (Å²) in [4.78, 5) is 33.7. The summed E-state index contributed by atoms with van der Waals surface area (Å²) in [5.41, 5.74) is -1.56. The topological polar surface area (TPSA) is 156 Å². The highest BCUT2D eigenvalue weighted by Gasteiger charge is 2.55. The number of hydrogen-bond donors (Lipinski definition) is 4. The van der Waals surface area contributed by atoms with Crippen molar-refractivity contribution in [3.63, 3.8) is 0 Å². The lowest BCUT2D eigenvalue weighted by atomic mass is 9.96. The van der Waals surface area contributed by atoms with E-state index in [2.05, 4.69) is 27.6 Å².